The molecule has 2 aromatic heterocycles. The SMILES string of the molecule is COc1nccnc1N1CCC(N(C)C(=O)c2sccc2C)C1. The highest BCUT2D eigenvalue weighted by Gasteiger charge is 2.31. The quantitative estimate of drug-likeness (QED) is 0.859. The van der Waals surface area contributed by atoms with Gasteiger partial charge in [0.05, 0.1) is 18.0 Å². The molecule has 1 atom stereocenters. The molecule has 122 valence electrons. The van der Waals surface area contributed by atoms with Crippen LogP contribution in [0.2, 0.25) is 0 Å². The number of methoxy groups -OCH3 is 1. The molecule has 3 rings (SSSR count). The Bertz CT molecular complexity index is 703. The van der Waals surface area contributed by atoms with Crippen molar-refractivity contribution >= 4 is 23.1 Å². The molecule has 0 radical (unpaired) electrons. The lowest BCUT2D eigenvalue weighted by Gasteiger charge is -2.25. The van der Waals surface area contributed by atoms with Gasteiger partial charge in [-0.25, -0.2) is 9.97 Å². The number of carbonyl (C=O) groups excluding carboxylic acids is 1. The monoisotopic (exact) mass is 332 g/mol. The molecule has 6 nitrogen and oxygen atoms in total. The minimum absolute atomic E-state index is 0.0930. The first-order valence-corrected chi connectivity index (χ1v) is 8.41. The van der Waals surface area contributed by atoms with Gasteiger partial charge in [-0.3, -0.25) is 4.79 Å². The number of carbonyl (C=O) groups is 1. The third-order valence-corrected chi connectivity index (χ3v) is 5.23. The molecule has 1 amide bonds. The number of aryl methyl sites for hydroxylation is 1. The number of anilines is 1. The van der Waals surface area contributed by atoms with Crippen LogP contribution in [0.25, 0.3) is 0 Å². The fourth-order valence-electron chi connectivity index (χ4n) is 2.85. The van der Waals surface area contributed by atoms with Crippen molar-refractivity contribution in [2.75, 3.05) is 32.1 Å². The Morgan fingerprint density at radius 2 is 2.22 bits per heavy atom. The largest absolute Gasteiger partial charge is 0.478 e. The Kier molecular flexibility index (Phi) is 4.47. The number of hydrogen-bond acceptors (Lipinski definition) is 6. The van der Waals surface area contributed by atoms with Crippen molar-refractivity contribution in [2.24, 2.45) is 0 Å². The van der Waals surface area contributed by atoms with Gasteiger partial charge in [-0.15, -0.1) is 11.3 Å². The van der Waals surface area contributed by atoms with E-state index in [4.69, 9.17) is 4.74 Å². The summed E-state index contributed by atoms with van der Waals surface area (Å²) in [5.74, 6) is 1.36. The first-order valence-electron chi connectivity index (χ1n) is 7.53. The van der Waals surface area contributed by atoms with Crippen LogP contribution < -0.4 is 9.64 Å². The molecule has 1 unspecified atom stereocenters. The lowest BCUT2D eigenvalue weighted by molar-refractivity contribution is 0.0749. The topological polar surface area (TPSA) is 58.6 Å². The van der Waals surface area contributed by atoms with E-state index in [2.05, 4.69) is 14.9 Å². The molecule has 0 aliphatic carbocycles. The van der Waals surface area contributed by atoms with Crippen LogP contribution in [0.3, 0.4) is 0 Å². The lowest BCUT2D eigenvalue weighted by Crippen LogP contribution is -2.39. The second-order valence-electron chi connectivity index (χ2n) is 5.63. The Balaban J connectivity index is 1.72. The smallest absolute Gasteiger partial charge is 0.264 e. The second-order valence-corrected chi connectivity index (χ2v) is 6.54. The molecule has 7 heteroatoms. The van der Waals surface area contributed by atoms with E-state index in [0.29, 0.717) is 5.88 Å². The standard InChI is InChI=1S/C16H20N4O2S/c1-11-5-9-23-13(11)16(21)19(2)12-4-8-20(10-12)14-15(22-3)18-7-6-17-14/h5-7,9,12H,4,8,10H2,1-3H3. The number of nitrogens with zero attached hydrogens (tertiary/aromatic N) is 4. The second kappa shape index (κ2) is 6.54. The van der Waals surface area contributed by atoms with Gasteiger partial charge >= 0.3 is 0 Å². The highest BCUT2D eigenvalue weighted by Crippen LogP contribution is 2.28. The molecule has 0 N–H and O–H groups in total. The summed E-state index contributed by atoms with van der Waals surface area (Å²) >= 11 is 1.50. The van der Waals surface area contributed by atoms with Crippen LogP contribution in [-0.4, -0.2) is 54.1 Å². The van der Waals surface area contributed by atoms with Gasteiger partial charge in [0, 0.05) is 32.5 Å². The molecule has 1 aliphatic rings. The van der Waals surface area contributed by atoms with Gasteiger partial charge in [-0.1, -0.05) is 0 Å². The van der Waals surface area contributed by atoms with E-state index in [-0.39, 0.29) is 11.9 Å². The minimum atomic E-state index is 0.0930. The maximum absolute atomic E-state index is 12.6. The van der Waals surface area contributed by atoms with Crippen LogP contribution >= 0.6 is 11.3 Å². The van der Waals surface area contributed by atoms with Crippen LogP contribution in [0, 0.1) is 6.92 Å². The van der Waals surface area contributed by atoms with Crippen molar-refractivity contribution in [3.63, 3.8) is 0 Å². The number of ether oxygens (including phenoxy) is 1. The zero-order valence-corrected chi connectivity index (χ0v) is 14.3. The number of hydrogen-bond donors (Lipinski definition) is 0. The molecule has 1 saturated heterocycles. The van der Waals surface area contributed by atoms with Crippen molar-refractivity contribution < 1.29 is 9.53 Å². The van der Waals surface area contributed by atoms with Crippen molar-refractivity contribution in [3.8, 4) is 5.88 Å². The Labute approximate surface area is 139 Å². The Hall–Kier alpha value is -2.15. The van der Waals surface area contributed by atoms with Crippen molar-refractivity contribution in [1.29, 1.82) is 0 Å². The van der Waals surface area contributed by atoms with Gasteiger partial charge in [0.1, 0.15) is 0 Å². The first-order chi connectivity index (χ1) is 11.1. The number of aromatic nitrogens is 2. The molecule has 1 aliphatic heterocycles. The average Bonchev–Trinajstić information content (AvgIpc) is 3.22. The molecule has 0 aromatic carbocycles. The van der Waals surface area contributed by atoms with Crippen LogP contribution in [0.15, 0.2) is 23.8 Å². The molecule has 2 aromatic rings. The van der Waals surface area contributed by atoms with Gasteiger partial charge in [0.25, 0.3) is 11.8 Å². The van der Waals surface area contributed by atoms with E-state index in [1.165, 1.54) is 11.3 Å². The minimum Gasteiger partial charge on any atom is -0.478 e. The third kappa shape index (κ3) is 3.01. The summed E-state index contributed by atoms with van der Waals surface area (Å²) in [6.45, 7) is 3.55. The number of likely N-dealkylation sites (N-methyl/N-ethyl adjacent to an activating group) is 1. The van der Waals surface area contributed by atoms with E-state index in [9.17, 15) is 4.79 Å². The Morgan fingerprint density at radius 1 is 1.43 bits per heavy atom. The summed E-state index contributed by atoms with van der Waals surface area (Å²) in [5, 5.41) is 1.96. The summed E-state index contributed by atoms with van der Waals surface area (Å²) in [6, 6.07) is 2.15. The molecular formula is C16H20N4O2S. The van der Waals surface area contributed by atoms with Gasteiger partial charge in [-0.2, -0.15) is 0 Å². The number of rotatable bonds is 4. The summed E-state index contributed by atoms with van der Waals surface area (Å²) in [6.07, 6.45) is 4.19. The van der Waals surface area contributed by atoms with Crippen molar-refractivity contribution in [3.05, 3.63) is 34.3 Å². The highest BCUT2D eigenvalue weighted by atomic mass is 32.1. The Morgan fingerprint density at radius 3 is 2.91 bits per heavy atom. The van der Waals surface area contributed by atoms with Crippen LogP contribution in [-0.2, 0) is 0 Å². The lowest BCUT2D eigenvalue weighted by atomic mass is 10.2. The predicted octanol–water partition coefficient (Wildman–Crippen LogP) is 2.21. The van der Waals surface area contributed by atoms with E-state index in [1.54, 1.807) is 19.5 Å². The maximum Gasteiger partial charge on any atom is 0.264 e. The fraction of sp³-hybridized carbons (Fsp3) is 0.438. The van der Waals surface area contributed by atoms with Crippen LogP contribution in [0.1, 0.15) is 21.7 Å². The van der Waals surface area contributed by atoms with Gasteiger partial charge in [0.2, 0.25) is 0 Å². The van der Waals surface area contributed by atoms with E-state index < -0.39 is 0 Å². The van der Waals surface area contributed by atoms with E-state index in [1.807, 2.05) is 30.3 Å². The summed E-state index contributed by atoms with van der Waals surface area (Å²) in [7, 11) is 3.47. The fourth-order valence-corrected chi connectivity index (χ4v) is 3.75. The molecule has 23 heavy (non-hydrogen) atoms. The average molecular weight is 332 g/mol. The zero-order chi connectivity index (χ0) is 16.4. The molecule has 0 saturated carbocycles. The molecular weight excluding hydrogens is 312 g/mol. The molecule has 0 spiro atoms. The highest BCUT2D eigenvalue weighted by molar-refractivity contribution is 7.12. The van der Waals surface area contributed by atoms with Crippen LogP contribution in [0.4, 0.5) is 5.82 Å². The number of thiophene rings is 1. The van der Waals surface area contributed by atoms with Crippen molar-refractivity contribution in [2.45, 2.75) is 19.4 Å². The predicted molar refractivity (Wildman–Crippen MR) is 90.4 cm³/mol. The normalized spacial score (nSPS) is 17.3. The molecule has 0 bridgehead atoms. The van der Waals surface area contributed by atoms with Gasteiger partial charge in [0.15, 0.2) is 5.82 Å². The molecule has 3 heterocycles. The maximum atomic E-state index is 12.6. The van der Waals surface area contributed by atoms with E-state index >= 15 is 0 Å². The van der Waals surface area contributed by atoms with Crippen LogP contribution in [0.5, 0.6) is 5.88 Å². The van der Waals surface area contributed by atoms with Gasteiger partial charge in [-0.05, 0) is 30.4 Å². The molecule has 1 fully saturated rings. The summed E-state index contributed by atoms with van der Waals surface area (Å²) < 4.78 is 5.28. The number of amides is 1. The van der Waals surface area contributed by atoms with E-state index in [0.717, 1.165) is 35.8 Å². The first kappa shape index (κ1) is 15.7. The van der Waals surface area contributed by atoms with Gasteiger partial charge < -0.3 is 14.5 Å². The third-order valence-electron chi connectivity index (χ3n) is 4.23. The summed E-state index contributed by atoms with van der Waals surface area (Å²) in [5.41, 5.74) is 1.04. The van der Waals surface area contributed by atoms with Crippen molar-refractivity contribution in [1.82, 2.24) is 14.9 Å². The summed E-state index contributed by atoms with van der Waals surface area (Å²) in [4.78, 5) is 26.0. The zero-order valence-electron chi connectivity index (χ0n) is 13.5.